The van der Waals surface area contributed by atoms with Gasteiger partial charge in [0.05, 0.1) is 34.0 Å². The first-order valence-corrected chi connectivity index (χ1v) is 9.67. The van der Waals surface area contributed by atoms with E-state index in [0.29, 0.717) is 18.7 Å². The third-order valence-electron chi connectivity index (χ3n) is 4.52. The van der Waals surface area contributed by atoms with E-state index in [9.17, 15) is 35.6 Å². The summed E-state index contributed by atoms with van der Waals surface area (Å²) in [5.74, 6) is -1.21. The fourth-order valence-corrected chi connectivity index (χ4v) is 2.78. The summed E-state index contributed by atoms with van der Waals surface area (Å²) >= 11 is 0. The molecule has 34 heavy (non-hydrogen) atoms. The van der Waals surface area contributed by atoms with Crippen LogP contribution in [0.5, 0.6) is 5.75 Å². The number of benzene rings is 3. The van der Waals surface area contributed by atoms with Crippen molar-refractivity contribution in [2.45, 2.75) is 0 Å². The molecule has 1 N–H and O–H groups in total. The zero-order valence-electron chi connectivity index (χ0n) is 17.9. The molecule has 0 aliphatic rings. The van der Waals surface area contributed by atoms with E-state index in [1.54, 1.807) is 7.05 Å². The predicted molar refractivity (Wildman–Crippen MR) is 126 cm³/mol. The number of para-hydroxylation sites is 1. The summed E-state index contributed by atoms with van der Waals surface area (Å²) in [6, 6.07) is 20.3. The van der Waals surface area contributed by atoms with Crippen LogP contribution in [0.25, 0.3) is 6.08 Å². The van der Waals surface area contributed by atoms with E-state index < -0.39 is 37.6 Å². The Morgan fingerprint density at radius 1 is 0.824 bits per heavy atom. The monoisotopic (exact) mass is 468 g/mol. The fraction of sp³-hybridized carbons (Fsp3) is 0.0909. The maximum atomic E-state index is 12.4. The van der Waals surface area contributed by atoms with Gasteiger partial charge in [-0.2, -0.15) is 0 Å². The van der Waals surface area contributed by atoms with Gasteiger partial charge < -0.3 is 15.0 Å². The summed E-state index contributed by atoms with van der Waals surface area (Å²) in [6.07, 6.45) is 3.91. The summed E-state index contributed by atoms with van der Waals surface area (Å²) in [5.41, 5.74) is -1.11. The van der Waals surface area contributed by atoms with E-state index in [4.69, 9.17) is 5.11 Å². The molecule has 1 atom stereocenters. The highest BCUT2D eigenvalue weighted by molar-refractivity contribution is 5.64. The standard InChI is InChI=1S/C16H17NO.C6H3N3O7/c1-17(18,16-12-6-3-7-13-16)14-8-11-15-9-4-2-5-10-15;10-6-4(8(13)14)1-3(7(11)12)2-5(6)9(15)16/h2-13H,14H2,1H3;1-2,10H. The molecule has 0 aliphatic heterocycles. The van der Waals surface area contributed by atoms with Gasteiger partial charge in [0.15, 0.2) is 0 Å². The lowest BCUT2D eigenvalue weighted by Crippen LogP contribution is -2.38. The Morgan fingerprint density at radius 3 is 1.74 bits per heavy atom. The van der Waals surface area contributed by atoms with E-state index in [2.05, 4.69) is 0 Å². The molecule has 1 unspecified atom stereocenters. The van der Waals surface area contributed by atoms with Crippen molar-refractivity contribution in [1.29, 1.82) is 0 Å². The maximum absolute atomic E-state index is 12.4. The summed E-state index contributed by atoms with van der Waals surface area (Å²) < 4.78 is -0.385. The van der Waals surface area contributed by atoms with Gasteiger partial charge in [-0.25, -0.2) is 0 Å². The zero-order valence-corrected chi connectivity index (χ0v) is 17.9. The third kappa shape index (κ3) is 6.91. The average Bonchev–Trinajstić information content (AvgIpc) is 2.80. The molecule has 176 valence electrons. The molecule has 0 bridgehead atoms. The molecular weight excluding hydrogens is 448 g/mol. The Kier molecular flexibility index (Phi) is 8.47. The lowest BCUT2D eigenvalue weighted by atomic mass is 10.2. The molecule has 0 amide bonds. The SMILES string of the molecule is C[N+]([O-])(CC=Cc1ccccc1)c1ccccc1.O=[N+]([O-])c1cc([N+](=O)[O-])c(O)c([N+](=O)[O-])c1. The highest BCUT2D eigenvalue weighted by atomic mass is 16.6. The molecule has 3 aromatic carbocycles. The van der Waals surface area contributed by atoms with Crippen molar-refractivity contribution < 1.29 is 19.9 Å². The molecule has 0 heterocycles. The van der Waals surface area contributed by atoms with Gasteiger partial charge in [0.2, 0.25) is 0 Å². The average molecular weight is 468 g/mol. The number of phenolic OH excluding ortho intramolecular Hbond substituents is 1. The Bertz CT molecular complexity index is 1160. The largest absolute Gasteiger partial charge is 0.627 e. The molecule has 0 radical (unpaired) electrons. The predicted octanol–water partition coefficient (Wildman–Crippen LogP) is 4.95. The molecular formula is C22H20N4O8. The second-order valence-electron chi connectivity index (χ2n) is 7.04. The Labute approximate surface area is 193 Å². The fourth-order valence-electron chi connectivity index (χ4n) is 2.78. The molecule has 0 aliphatic carbocycles. The lowest BCUT2D eigenvalue weighted by Gasteiger charge is -2.36. The number of hydroxylamine groups is 2. The molecule has 0 aromatic heterocycles. The molecule has 0 spiro atoms. The van der Waals surface area contributed by atoms with Gasteiger partial charge in [-0.05, 0) is 23.8 Å². The Morgan fingerprint density at radius 2 is 1.29 bits per heavy atom. The van der Waals surface area contributed by atoms with Crippen LogP contribution < -0.4 is 4.65 Å². The topological polar surface area (TPSA) is 173 Å². The van der Waals surface area contributed by atoms with Gasteiger partial charge in [0, 0.05) is 0 Å². The second kappa shape index (κ2) is 11.3. The van der Waals surface area contributed by atoms with Crippen LogP contribution in [0.4, 0.5) is 22.7 Å². The number of non-ortho nitro benzene ring substituents is 1. The quantitative estimate of drug-likeness (QED) is 0.288. The van der Waals surface area contributed by atoms with Crippen molar-refractivity contribution in [3.63, 3.8) is 0 Å². The Balaban J connectivity index is 0.000000242. The number of nitro benzene ring substituents is 3. The van der Waals surface area contributed by atoms with E-state index >= 15 is 0 Å². The minimum atomic E-state index is -1.21. The van der Waals surface area contributed by atoms with Crippen LogP contribution in [0.15, 0.2) is 78.9 Å². The van der Waals surface area contributed by atoms with Crippen molar-refractivity contribution in [1.82, 2.24) is 4.65 Å². The third-order valence-corrected chi connectivity index (χ3v) is 4.52. The van der Waals surface area contributed by atoms with Gasteiger partial charge in [0.1, 0.15) is 12.2 Å². The molecule has 0 fully saturated rings. The first kappa shape index (κ1) is 25.6. The lowest BCUT2D eigenvalue weighted by molar-refractivity contribution is -0.404. The van der Waals surface area contributed by atoms with Crippen molar-refractivity contribution in [3.05, 3.63) is 120 Å². The maximum Gasteiger partial charge on any atom is 0.324 e. The van der Waals surface area contributed by atoms with E-state index in [1.165, 1.54) is 0 Å². The van der Waals surface area contributed by atoms with Crippen LogP contribution in [0.2, 0.25) is 0 Å². The highest BCUT2D eigenvalue weighted by Crippen LogP contribution is 2.38. The number of nitrogens with zero attached hydrogens (tertiary/aromatic N) is 4. The molecule has 3 aromatic rings. The van der Waals surface area contributed by atoms with Crippen LogP contribution in [-0.2, 0) is 0 Å². The van der Waals surface area contributed by atoms with Crippen molar-refractivity contribution in [2.24, 2.45) is 0 Å². The molecule has 12 heteroatoms. The number of hydrogen-bond acceptors (Lipinski definition) is 8. The van der Waals surface area contributed by atoms with Crippen molar-refractivity contribution in [2.75, 3.05) is 13.6 Å². The van der Waals surface area contributed by atoms with Crippen molar-refractivity contribution in [3.8, 4) is 5.75 Å². The van der Waals surface area contributed by atoms with E-state index in [1.807, 2.05) is 72.8 Å². The highest BCUT2D eigenvalue weighted by Gasteiger charge is 2.30. The first-order chi connectivity index (χ1) is 16.0. The van der Waals surface area contributed by atoms with E-state index in [-0.39, 0.29) is 4.65 Å². The number of nitro groups is 3. The van der Waals surface area contributed by atoms with Crippen LogP contribution in [0.1, 0.15) is 5.56 Å². The normalized spacial score (nSPS) is 12.3. The Hall–Kier alpha value is -4.68. The number of likely N-dealkylation sites (N-methyl/N-ethyl adjacent to an activating group) is 1. The molecule has 0 saturated heterocycles. The first-order valence-electron chi connectivity index (χ1n) is 9.67. The van der Waals surface area contributed by atoms with Crippen molar-refractivity contribution >= 4 is 28.8 Å². The van der Waals surface area contributed by atoms with Gasteiger partial charge in [-0.3, -0.25) is 30.3 Å². The molecule has 3 rings (SSSR count). The number of quaternary nitrogens is 1. The minimum Gasteiger partial charge on any atom is -0.627 e. The van der Waals surface area contributed by atoms with Crippen LogP contribution in [-0.4, -0.2) is 33.5 Å². The number of phenols is 1. The van der Waals surface area contributed by atoms with Crippen LogP contribution >= 0.6 is 0 Å². The summed E-state index contributed by atoms with van der Waals surface area (Å²) in [7, 11) is 1.67. The van der Waals surface area contributed by atoms with Gasteiger partial charge in [0.25, 0.3) is 11.4 Å². The summed E-state index contributed by atoms with van der Waals surface area (Å²) in [4.78, 5) is 27.8. The number of aromatic hydroxyl groups is 1. The second-order valence-corrected chi connectivity index (χ2v) is 7.04. The summed E-state index contributed by atoms with van der Waals surface area (Å²) in [5, 5.41) is 52.6. The zero-order chi connectivity index (χ0) is 25.3. The molecule has 0 saturated carbocycles. The van der Waals surface area contributed by atoms with Gasteiger partial charge >= 0.3 is 11.4 Å². The van der Waals surface area contributed by atoms with Crippen LogP contribution in [0.3, 0.4) is 0 Å². The van der Waals surface area contributed by atoms with Gasteiger partial charge in [-0.15, -0.1) is 0 Å². The number of rotatable bonds is 7. The summed E-state index contributed by atoms with van der Waals surface area (Å²) in [6.45, 7) is 0.429. The van der Waals surface area contributed by atoms with Gasteiger partial charge in [-0.1, -0.05) is 54.6 Å². The smallest absolute Gasteiger partial charge is 0.324 e. The molecule has 12 nitrogen and oxygen atoms in total. The minimum absolute atomic E-state index is 0.385. The van der Waals surface area contributed by atoms with E-state index in [0.717, 1.165) is 11.3 Å². The van der Waals surface area contributed by atoms with Crippen LogP contribution in [0, 0.1) is 35.6 Å². The number of hydrogen-bond donors (Lipinski definition) is 1.